The van der Waals surface area contributed by atoms with Gasteiger partial charge in [0, 0.05) is 6.04 Å². The molecule has 30 heavy (non-hydrogen) atoms. The lowest BCUT2D eigenvalue weighted by atomic mass is 9.87. The Hall–Kier alpha value is -2.84. The maximum absolute atomic E-state index is 12.1. The maximum Gasteiger partial charge on any atom is 0.320 e. The van der Waals surface area contributed by atoms with E-state index in [9.17, 15) is 4.79 Å². The van der Waals surface area contributed by atoms with Gasteiger partial charge < -0.3 is 9.47 Å². The molecule has 0 fully saturated rings. The minimum Gasteiger partial charge on any atom is -0.489 e. The molecule has 0 N–H and O–H groups in total. The van der Waals surface area contributed by atoms with Crippen LogP contribution in [-0.4, -0.2) is 36.1 Å². The fourth-order valence-electron chi connectivity index (χ4n) is 3.72. The highest BCUT2D eigenvalue weighted by Crippen LogP contribution is 2.28. The summed E-state index contributed by atoms with van der Waals surface area (Å²) in [5.41, 5.74) is 3.86. The molecule has 1 aliphatic carbocycles. The Kier molecular flexibility index (Phi) is 6.79. The summed E-state index contributed by atoms with van der Waals surface area (Å²) < 4.78 is 11.4. The Bertz CT molecular complexity index is 923. The molecule has 0 heterocycles. The summed E-state index contributed by atoms with van der Waals surface area (Å²) in [4.78, 5) is 17.6. The average Bonchev–Trinajstić information content (AvgIpc) is 2.70. The zero-order valence-corrected chi connectivity index (χ0v) is 18.3. The van der Waals surface area contributed by atoms with Crippen LogP contribution in [0, 0.1) is 6.57 Å². The molecular formula is C25H30N2O3. The third kappa shape index (κ3) is 6.08. The second kappa shape index (κ2) is 9.32. The molecular weight excluding hydrogens is 376 g/mol. The lowest BCUT2D eigenvalue weighted by Crippen LogP contribution is -2.41. The summed E-state index contributed by atoms with van der Waals surface area (Å²) >= 11 is 0. The number of aryl methyl sites for hydroxylation is 1. The van der Waals surface area contributed by atoms with Gasteiger partial charge in [0.05, 0.1) is 13.1 Å². The van der Waals surface area contributed by atoms with Crippen LogP contribution in [0.1, 0.15) is 43.9 Å². The number of fused-ring (bicyclic) bond motifs is 1. The van der Waals surface area contributed by atoms with E-state index in [0.29, 0.717) is 24.9 Å². The quantitative estimate of drug-likeness (QED) is 0.503. The molecule has 1 unspecified atom stereocenters. The van der Waals surface area contributed by atoms with Gasteiger partial charge in [-0.2, -0.15) is 0 Å². The zero-order chi connectivity index (χ0) is 21.7. The molecule has 0 aliphatic heterocycles. The highest BCUT2D eigenvalue weighted by atomic mass is 16.6. The Morgan fingerprint density at radius 1 is 1.17 bits per heavy atom. The first kappa shape index (κ1) is 21.9. The first-order chi connectivity index (χ1) is 14.2. The molecule has 0 amide bonds. The lowest BCUT2D eigenvalue weighted by molar-refractivity contribution is -0.156. The molecule has 1 aliphatic rings. The first-order valence-electron chi connectivity index (χ1n) is 10.4. The van der Waals surface area contributed by atoms with Gasteiger partial charge in [0.2, 0.25) is 0 Å². The van der Waals surface area contributed by atoms with Gasteiger partial charge in [-0.3, -0.25) is 9.69 Å². The number of carbonyl (C=O) groups is 1. The maximum atomic E-state index is 12.1. The van der Waals surface area contributed by atoms with Crippen molar-refractivity contribution in [1.29, 1.82) is 0 Å². The van der Waals surface area contributed by atoms with Crippen LogP contribution in [0.5, 0.6) is 5.75 Å². The van der Waals surface area contributed by atoms with Crippen molar-refractivity contribution in [3.05, 3.63) is 70.6 Å². The molecule has 3 rings (SSSR count). The summed E-state index contributed by atoms with van der Waals surface area (Å²) in [6.07, 6.45) is 2.90. The van der Waals surface area contributed by atoms with Crippen molar-refractivity contribution in [3.8, 4) is 5.75 Å². The second-order valence-corrected chi connectivity index (χ2v) is 8.90. The molecule has 0 bridgehead atoms. The number of nitrogens with zero attached hydrogens (tertiary/aromatic N) is 2. The summed E-state index contributed by atoms with van der Waals surface area (Å²) in [6, 6.07) is 14.1. The van der Waals surface area contributed by atoms with Gasteiger partial charge in [0.1, 0.15) is 18.0 Å². The number of hydrogen-bond acceptors (Lipinski definition) is 4. The molecule has 0 saturated carbocycles. The molecule has 2 aromatic rings. The Labute approximate surface area is 179 Å². The van der Waals surface area contributed by atoms with E-state index in [1.807, 2.05) is 58.2 Å². The van der Waals surface area contributed by atoms with Crippen molar-refractivity contribution >= 4 is 11.7 Å². The van der Waals surface area contributed by atoms with Crippen LogP contribution in [-0.2, 0) is 29.0 Å². The van der Waals surface area contributed by atoms with E-state index in [1.54, 1.807) is 0 Å². The molecule has 2 aromatic carbocycles. The minimum absolute atomic E-state index is 0.177. The second-order valence-electron chi connectivity index (χ2n) is 8.90. The van der Waals surface area contributed by atoms with Gasteiger partial charge in [-0.25, -0.2) is 4.85 Å². The highest BCUT2D eigenvalue weighted by Gasteiger charge is 2.25. The van der Waals surface area contributed by atoms with Gasteiger partial charge in [0.25, 0.3) is 0 Å². The van der Waals surface area contributed by atoms with E-state index in [4.69, 9.17) is 16.0 Å². The van der Waals surface area contributed by atoms with E-state index < -0.39 is 5.60 Å². The molecule has 5 heteroatoms. The molecule has 0 aromatic heterocycles. The predicted molar refractivity (Wildman–Crippen MR) is 118 cm³/mol. The fraction of sp³-hybridized carbons (Fsp3) is 0.440. The molecule has 0 spiro atoms. The zero-order valence-electron chi connectivity index (χ0n) is 18.3. The van der Waals surface area contributed by atoms with Crippen molar-refractivity contribution in [2.75, 3.05) is 13.6 Å². The van der Waals surface area contributed by atoms with Crippen molar-refractivity contribution in [2.24, 2.45) is 0 Å². The molecule has 5 nitrogen and oxygen atoms in total. The smallest absolute Gasteiger partial charge is 0.320 e. The van der Waals surface area contributed by atoms with E-state index in [0.717, 1.165) is 30.6 Å². The largest absolute Gasteiger partial charge is 0.489 e. The van der Waals surface area contributed by atoms with E-state index in [2.05, 4.69) is 21.9 Å². The Morgan fingerprint density at radius 2 is 1.90 bits per heavy atom. The third-order valence-corrected chi connectivity index (χ3v) is 5.27. The van der Waals surface area contributed by atoms with Crippen LogP contribution in [0.2, 0.25) is 0 Å². The summed E-state index contributed by atoms with van der Waals surface area (Å²) in [7, 11) is 2.00. The minimum atomic E-state index is -0.452. The number of esters is 1. The predicted octanol–water partition coefficient (Wildman–Crippen LogP) is 4.95. The van der Waals surface area contributed by atoms with Crippen molar-refractivity contribution < 1.29 is 14.3 Å². The van der Waals surface area contributed by atoms with Gasteiger partial charge in [-0.05, 0) is 75.9 Å². The third-order valence-electron chi connectivity index (χ3n) is 5.27. The topological polar surface area (TPSA) is 43.1 Å². The van der Waals surface area contributed by atoms with Crippen LogP contribution in [0.25, 0.3) is 4.85 Å². The number of ether oxygens (including phenoxy) is 2. The fourth-order valence-corrected chi connectivity index (χ4v) is 3.72. The van der Waals surface area contributed by atoms with Gasteiger partial charge >= 0.3 is 5.97 Å². The monoisotopic (exact) mass is 406 g/mol. The summed E-state index contributed by atoms with van der Waals surface area (Å²) in [5.74, 6) is 0.688. The number of likely N-dealkylation sites (N-methyl/N-ethyl adjacent to an activating group) is 1. The van der Waals surface area contributed by atoms with Crippen LogP contribution in [0.4, 0.5) is 5.69 Å². The normalized spacial score (nSPS) is 15.9. The molecule has 158 valence electrons. The van der Waals surface area contributed by atoms with Crippen LogP contribution >= 0.6 is 0 Å². The molecule has 1 atom stereocenters. The van der Waals surface area contributed by atoms with Gasteiger partial charge in [-0.1, -0.05) is 30.3 Å². The van der Waals surface area contributed by atoms with Gasteiger partial charge in [-0.15, -0.1) is 0 Å². The van der Waals surface area contributed by atoms with E-state index in [1.165, 1.54) is 11.1 Å². The average molecular weight is 407 g/mol. The SMILES string of the molecule is [C-]#[N+]c1ccc(COc2ccc3c(c2)CCC(N(C)CC(=O)OC(C)(C)C)C3)cc1. The summed E-state index contributed by atoms with van der Waals surface area (Å²) in [5, 5.41) is 0. The van der Waals surface area contributed by atoms with Crippen LogP contribution in [0.15, 0.2) is 42.5 Å². The summed E-state index contributed by atoms with van der Waals surface area (Å²) in [6.45, 7) is 13.5. The standard InChI is InChI=1S/C25H30N2O3/c1-25(2,3)30-24(28)16-27(5)22-12-8-20-15-23(13-9-19(20)14-22)29-17-18-6-10-21(26-4)11-7-18/h6-7,9-11,13,15,22H,8,12,14,16-17H2,1-3,5H3. The van der Waals surface area contributed by atoms with E-state index >= 15 is 0 Å². The Balaban J connectivity index is 1.55. The van der Waals surface area contributed by atoms with E-state index in [-0.39, 0.29) is 5.97 Å². The number of benzene rings is 2. The molecule has 0 saturated heterocycles. The number of rotatable bonds is 6. The Morgan fingerprint density at radius 3 is 2.57 bits per heavy atom. The van der Waals surface area contributed by atoms with Crippen LogP contribution in [0.3, 0.4) is 0 Å². The van der Waals surface area contributed by atoms with Crippen molar-refractivity contribution in [2.45, 2.75) is 58.3 Å². The van der Waals surface area contributed by atoms with Crippen molar-refractivity contribution in [1.82, 2.24) is 4.90 Å². The molecule has 0 radical (unpaired) electrons. The lowest BCUT2D eigenvalue weighted by Gasteiger charge is -2.32. The number of carbonyl (C=O) groups excluding carboxylic acids is 1. The van der Waals surface area contributed by atoms with Gasteiger partial charge in [0.15, 0.2) is 5.69 Å². The van der Waals surface area contributed by atoms with Crippen LogP contribution < -0.4 is 4.74 Å². The number of hydrogen-bond donors (Lipinski definition) is 0. The van der Waals surface area contributed by atoms with Crippen molar-refractivity contribution in [3.63, 3.8) is 0 Å². The highest BCUT2D eigenvalue weighted by molar-refractivity contribution is 5.72. The first-order valence-corrected chi connectivity index (χ1v) is 10.4.